The highest BCUT2D eigenvalue weighted by molar-refractivity contribution is 7.99. The van der Waals surface area contributed by atoms with Crippen molar-refractivity contribution in [3.8, 4) is 0 Å². The zero-order valence-electron chi connectivity index (χ0n) is 19.8. The minimum absolute atomic E-state index is 0.172. The summed E-state index contributed by atoms with van der Waals surface area (Å²) in [5.41, 5.74) is 3.62. The Kier molecular flexibility index (Phi) is 6.79. The van der Waals surface area contributed by atoms with Gasteiger partial charge in [0.15, 0.2) is 0 Å². The largest absolute Gasteiger partial charge is 0.416 e. The molecule has 2 aromatic carbocycles. The molecule has 2 aromatic heterocycles. The Morgan fingerprint density at radius 3 is 2.50 bits per heavy atom. The highest BCUT2D eigenvalue weighted by Gasteiger charge is 2.30. The highest BCUT2D eigenvalue weighted by atomic mass is 32.2. The first-order chi connectivity index (χ1) is 17.3. The Hall–Kier alpha value is -3.26. The average Bonchev–Trinajstić information content (AvgIpc) is 3.63. The van der Waals surface area contributed by atoms with Crippen molar-refractivity contribution in [3.63, 3.8) is 0 Å². The molecule has 1 amide bonds. The maximum absolute atomic E-state index is 12.9. The minimum Gasteiger partial charge on any atom is -0.346 e. The van der Waals surface area contributed by atoms with E-state index in [1.54, 1.807) is 11.8 Å². The van der Waals surface area contributed by atoms with E-state index in [1.807, 2.05) is 42.6 Å². The molecule has 4 nitrogen and oxygen atoms in total. The van der Waals surface area contributed by atoms with Gasteiger partial charge in [-0.2, -0.15) is 13.2 Å². The Morgan fingerprint density at radius 2 is 1.86 bits per heavy atom. The molecule has 1 aliphatic rings. The van der Waals surface area contributed by atoms with Crippen LogP contribution in [0.25, 0.3) is 10.9 Å². The molecule has 0 aliphatic heterocycles. The third-order valence-electron chi connectivity index (χ3n) is 6.30. The number of hydrogen-bond acceptors (Lipinski definition) is 3. The van der Waals surface area contributed by atoms with E-state index in [2.05, 4.69) is 21.8 Å². The summed E-state index contributed by atoms with van der Waals surface area (Å²) in [6, 6.07) is 17.4. The predicted octanol–water partition coefficient (Wildman–Crippen LogP) is 7.02. The van der Waals surface area contributed by atoms with Gasteiger partial charge in [-0.3, -0.25) is 9.78 Å². The van der Waals surface area contributed by atoms with Crippen molar-refractivity contribution < 1.29 is 18.0 Å². The fraction of sp³-hybridized carbons (Fsp3) is 0.286. The lowest BCUT2D eigenvalue weighted by Crippen LogP contribution is -2.23. The number of pyridine rings is 1. The van der Waals surface area contributed by atoms with E-state index in [0.717, 1.165) is 63.5 Å². The molecule has 1 N–H and O–H groups in total. The molecule has 1 saturated carbocycles. The van der Waals surface area contributed by atoms with Gasteiger partial charge in [-0.25, -0.2) is 0 Å². The molecule has 0 spiro atoms. The van der Waals surface area contributed by atoms with Crippen LogP contribution in [0.1, 0.15) is 58.7 Å². The number of benzene rings is 2. The van der Waals surface area contributed by atoms with Gasteiger partial charge in [-0.15, -0.1) is 11.8 Å². The van der Waals surface area contributed by atoms with Gasteiger partial charge < -0.3 is 9.88 Å². The second-order valence-corrected chi connectivity index (χ2v) is 10.3. The van der Waals surface area contributed by atoms with Gasteiger partial charge in [-0.1, -0.05) is 19.1 Å². The molecule has 0 radical (unpaired) electrons. The second-order valence-electron chi connectivity index (χ2n) is 8.98. The number of aromatic nitrogens is 2. The summed E-state index contributed by atoms with van der Waals surface area (Å²) in [6.07, 6.45) is 0.165. The van der Waals surface area contributed by atoms with Gasteiger partial charge >= 0.3 is 6.18 Å². The molecule has 2 heterocycles. The van der Waals surface area contributed by atoms with E-state index in [9.17, 15) is 18.0 Å². The van der Waals surface area contributed by atoms with E-state index in [0.29, 0.717) is 24.6 Å². The standard InChI is InChI=1S/C28H26F3N3OS/c1-2-36-25-11-8-22(32-17-25)16-33-27(35)19-5-12-26-20(14-19)15-24(34(26)23-9-10-23)13-18-3-6-21(7-4-18)28(29,30)31/h3-8,11-12,14-15,17,23H,2,9-10,13,16H2,1H3,(H,33,35). The number of hydrogen-bond donors (Lipinski definition) is 1. The summed E-state index contributed by atoms with van der Waals surface area (Å²) < 4.78 is 41.0. The fourth-order valence-electron chi connectivity index (χ4n) is 4.40. The van der Waals surface area contributed by atoms with E-state index >= 15 is 0 Å². The third-order valence-corrected chi connectivity index (χ3v) is 7.16. The van der Waals surface area contributed by atoms with Gasteiger partial charge in [0.25, 0.3) is 5.91 Å². The summed E-state index contributed by atoms with van der Waals surface area (Å²) in [4.78, 5) is 18.3. The van der Waals surface area contributed by atoms with Crippen LogP contribution >= 0.6 is 11.8 Å². The Bertz CT molecular complexity index is 1370. The van der Waals surface area contributed by atoms with Crippen LogP contribution in [0.5, 0.6) is 0 Å². The second kappa shape index (κ2) is 10.0. The summed E-state index contributed by atoms with van der Waals surface area (Å²) in [5.74, 6) is 0.809. The molecule has 0 atom stereocenters. The Balaban J connectivity index is 1.33. The van der Waals surface area contributed by atoms with E-state index < -0.39 is 11.7 Å². The summed E-state index contributed by atoms with van der Waals surface area (Å²) in [6.45, 7) is 2.43. The number of alkyl halides is 3. The molecule has 1 fully saturated rings. The number of thioether (sulfide) groups is 1. The molecule has 1 aliphatic carbocycles. The molecule has 5 rings (SSSR count). The van der Waals surface area contributed by atoms with Crippen molar-refractivity contribution in [2.24, 2.45) is 0 Å². The quantitative estimate of drug-likeness (QED) is 0.260. The van der Waals surface area contributed by atoms with Gasteiger partial charge in [0.05, 0.1) is 17.8 Å². The van der Waals surface area contributed by atoms with Crippen LogP contribution in [0.3, 0.4) is 0 Å². The van der Waals surface area contributed by atoms with Crippen LogP contribution in [-0.4, -0.2) is 21.2 Å². The number of halogens is 3. The monoisotopic (exact) mass is 509 g/mol. The van der Waals surface area contributed by atoms with Crippen molar-refractivity contribution in [1.82, 2.24) is 14.9 Å². The van der Waals surface area contributed by atoms with Crippen molar-refractivity contribution >= 4 is 28.6 Å². The summed E-state index contributed by atoms with van der Waals surface area (Å²) in [7, 11) is 0. The number of rotatable bonds is 8. The zero-order chi connectivity index (χ0) is 25.3. The summed E-state index contributed by atoms with van der Waals surface area (Å²) in [5, 5.41) is 3.89. The first-order valence-electron chi connectivity index (χ1n) is 12.0. The normalized spacial score (nSPS) is 13.8. The minimum atomic E-state index is -4.34. The predicted molar refractivity (Wildman–Crippen MR) is 136 cm³/mol. The summed E-state index contributed by atoms with van der Waals surface area (Å²) >= 11 is 1.72. The molecule has 0 bridgehead atoms. The third kappa shape index (κ3) is 5.43. The smallest absolute Gasteiger partial charge is 0.346 e. The van der Waals surface area contributed by atoms with E-state index in [1.165, 1.54) is 12.1 Å². The first kappa shape index (κ1) is 24.4. The van der Waals surface area contributed by atoms with E-state index in [4.69, 9.17) is 0 Å². The maximum Gasteiger partial charge on any atom is 0.416 e. The van der Waals surface area contributed by atoms with Crippen LogP contribution in [0, 0.1) is 0 Å². The number of carbonyl (C=O) groups is 1. The van der Waals surface area contributed by atoms with Gasteiger partial charge in [-0.05, 0) is 72.7 Å². The van der Waals surface area contributed by atoms with E-state index in [-0.39, 0.29) is 5.91 Å². The number of nitrogens with zero attached hydrogens (tertiary/aromatic N) is 2. The SMILES string of the molecule is CCSc1ccc(CNC(=O)c2ccc3c(c2)cc(Cc2ccc(C(F)(F)F)cc2)n3C2CC2)nc1. The molecular weight excluding hydrogens is 483 g/mol. The molecule has 4 aromatic rings. The van der Waals surface area contributed by atoms with Crippen molar-refractivity contribution in [2.75, 3.05) is 5.75 Å². The van der Waals surface area contributed by atoms with Crippen molar-refractivity contribution in [3.05, 3.63) is 94.9 Å². The molecule has 36 heavy (non-hydrogen) atoms. The van der Waals surface area contributed by atoms with Crippen LogP contribution in [0.4, 0.5) is 13.2 Å². The van der Waals surface area contributed by atoms with Crippen molar-refractivity contribution in [1.29, 1.82) is 0 Å². The lowest BCUT2D eigenvalue weighted by Gasteiger charge is -2.11. The highest BCUT2D eigenvalue weighted by Crippen LogP contribution is 2.40. The van der Waals surface area contributed by atoms with Crippen molar-refractivity contribution in [2.45, 2.75) is 49.8 Å². The maximum atomic E-state index is 12.9. The lowest BCUT2D eigenvalue weighted by molar-refractivity contribution is -0.137. The molecule has 0 unspecified atom stereocenters. The van der Waals surface area contributed by atoms with Crippen LogP contribution < -0.4 is 5.32 Å². The number of carbonyl (C=O) groups excluding carboxylic acids is 1. The molecule has 8 heteroatoms. The van der Waals surface area contributed by atoms with Gasteiger partial charge in [0, 0.05) is 45.7 Å². The van der Waals surface area contributed by atoms with Gasteiger partial charge in [0.2, 0.25) is 0 Å². The fourth-order valence-corrected chi connectivity index (χ4v) is 5.02. The number of nitrogens with one attached hydrogen (secondary N) is 1. The topological polar surface area (TPSA) is 46.9 Å². The molecule has 0 saturated heterocycles. The average molecular weight is 510 g/mol. The molecular formula is C28H26F3N3OS. The van der Waals surface area contributed by atoms with Gasteiger partial charge in [0.1, 0.15) is 0 Å². The number of fused-ring (bicyclic) bond motifs is 1. The zero-order valence-corrected chi connectivity index (χ0v) is 20.6. The van der Waals surface area contributed by atoms with Crippen LogP contribution in [0.2, 0.25) is 0 Å². The molecule has 186 valence electrons. The first-order valence-corrected chi connectivity index (χ1v) is 13.0. The Morgan fingerprint density at radius 1 is 1.08 bits per heavy atom. The Labute approximate surface area is 211 Å². The van der Waals surface area contributed by atoms with Crippen LogP contribution in [0.15, 0.2) is 71.8 Å². The lowest BCUT2D eigenvalue weighted by atomic mass is 10.1. The van der Waals surface area contributed by atoms with Crippen LogP contribution in [-0.2, 0) is 19.1 Å². The number of amides is 1.